The van der Waals surface area contributed by atoms with Gasteiger partial charge >= 0.3 is 0 Å². The van der Waals surface area contributed by atoms with Gasteiger partial charge in [0.25, 0.3) is 0 Å². The third kappa shape index (κ3) is 6.24. The number of hydrogen-bond acceptors (Lipinski definition) is 3. The normalized spacial score (nSPS) is 19.0. The molecule has 2 N–H and O–H groups in total. The molecular weight excluding hydrogens is 404 g/mol. The lowest BCUT2D eigenvalue weighted by Gasteiger charge is -2.35. The topological polar surface area (TPSA) is 78.5 Å². The lowest BCUT2D eigenvalue weighted by atomic mass is 9.87. The zero-order valence-electron chi connectivity index (χ0n) is 18.0. The molecule has 1 aromatic carbocycles. The van der Waals surface area contributed by atoms with Gasteiger partial charge in [-0.1, -0.05) is 25.3 Å². The fourth-order valence-corrected chi connectivity index (χ4v) is 4.64. The molecule has 1 aromatic rings. The summed E-state index contributed by atoms with van der Waals surface area (Å²) in [5.41, 5.74) is -0.319. The van der Waals surface area contributed by atoms with Crippen molar-refractivity contribution in [1.82, 2.24) is 15.5 Å². The van der Waals surface area contributed by atoms with Crippen molar-refractivity contribution >= 4 is 17.7 Å². The van der Waals surface area contributed by atoms with Gasteiger partial charge in [-0.2, -0.15) is 0 Å². The van der Waals surface area contributed by atoms with E-state index in [1.54, 1.807) is 0 Å². The number of nitrogens with zero attached hydrogens (tertiary/aromatic N) is 1. The average molecular weight is 436 g/mol. The van der Waals surface area contributed by atoms with E-state index in [0.717, 1.165) is 37.8 Å². The van der Waals surface area contributed by atoms with Crippen LogP contribution in [0.5, 0.6) is 0 Å². The van der Waals surface area contributed by atoms with E-state index in [0.29, 0.717) is 25.9 Å². The van der Waals surface area contributed by atoms with Crippen LogP contribution in [-0.4, -0.2) is 41.8 Å². The van der Waals surface area contributed by atoms with Crippen LogP contribution < -0.4 is 10.6 Å². The summed E-state index contributed by atoms with van der Waals surface area (Å²) in [6.07, 6.45) is 6.38. The molecule has 3 rings (SSSR count). The molecule has 3 amide bonds. The first-order chi connectivity index (χ1) is 14.8. The number of carbonyl (C=O) groups excluding carboxylic acids is 3. The Hall–Kier alpha value is -2.51. The lowest BCUT2D eigenvalue weighted by Crippen LogP contribution is -2.48. The molecule has 0 bridgehead atoms. The fourth-order valence-electron chi connectivity index (χ4n) is 4.64. The Morgan fingerprint density at radius 3 is 2.23 bits per heavy atom. The highest BCUT2D eigenvalue weighted by molar-refractivity contribution is 5.80. The lowest BCUT2D eigenvalue weighted by molar-refractivity contribution is -0.137. The predicted molar refractivity (Wildman–Crippen MR) is 112 cm³/mol. The first-order valence-corrected chi connectivity index (χ1v) is 11.1. The van der Waals surface area contributed by atoms with Crippen LogP contribution in [0.4, 0.5) is 8.78 Å². The number of rotatable bonds is 6. The standard InChI is InChI=1S/C23H31F2N3O3/c1-15(29)26-20(22-18(24)8-5-9-19(22)25)14-21(30)27-17-10-12-28(13-11-17)23(31)16-6-3-2-4-7-16/h5,8-9,16-17,20H,2-4,6-7,10-14H2,1H3,(H,26,29)(H,27,30). The van der Waals surface area contributed by atoms with Crippen molar-refractivity contribution in [1.29, 1.82) is 0 Å². The van der Waals surface area contributed by atoms with Crippen LogP contribution in [-0.2, 0) is 14.4 Å². The number of hydrogen-bond donors (Lipinski definition) is 2. The maximum Gasteiger partial charge on any atom is 0.225 e. The molecule has 0 radical (unpaired) electrons. The van der Waals surface area contributed by atoms with Gasteiger partial charge in [-0.3, -0.25) is 14.4 Å². The number of benzene rings is 1. The van der Waals surface area contributed by atoms with E-state index in [9.17, 15) is 23.2 Å². The SMILES string of the molecule is CC(=O)NC(CC(=O)NC1CCN(C(=O)C2CCCCC2)CC1)c1c(F)cccc1F. The number of piperidine rings is 1. The van der Waals surface area contributed by atoms with Crippen LogP contribution in [0.2, 0.25) is 0 Å². The maximum atomic E-state index is 14.2. The maximum absolute atomic E-state index is 14.2. The van der Waals surface area contributed by atoms with Crippen molar-refractivity contribution in [3.05, 3.63) is 35.4 Å². The largest absolute Gasteiger partial charge is 0.353 e. The van der Waals surface area contributed by atoms with Crippen LogP contribution >= 0.6 is 0 Å². The highest BCUT2D eigenvalue weighted by Crippen LogP contribution is 2.27. The summed E-state index contributed by atoms with van der Waals surface area (Å²) in [6, 6.07) is 2.24. The number of likely N-dealkylation sites (tertiary alicyclic amines) is 1. The molecule has 6 nitrogen and oxygen atoms in total. The minimum Gasteiger partial charge on any atom is -0.353 e. The van der Waals surface area contributed by atoms with E-state index in [1.807, 2.05) is 4.90 Å². The minimum absolute atomic E-state index is 0.105. The van der Waals surface area contributed by atoms with Crippen LogP contribution in [0.25, 0.3) is 0 Å². The number of halogens is 2. The Morgan fingerprint density at radius 2 is 1.65 bits per heavy atom. The zero-order chi connectivity index (χ0) is 22.4. The first-order valence-electron chi connectivity index (χ1n) is 11.1. The molecule has 1 saturated heterocycles. The van der Waals surface area contributed by atoms with Crippen LogP contribution in [0, 0.1) is 17.6 Å². The predicted octanol–water partition coefficient (Wildman–Crippen LogP) is 3.22. The number of carbonyl (C=O) groups is 3. The van der Waals surface area contributed by atoms with E-state index in [4.69, 9.17) is 0 Å². The fraction of sp³-hybridized carbons (Fsp3) is 0.609. The second-order valence-electron chi connectivity index (χ2n) is 8.59. The minimum atomic E-state index is -1.09. The first kappa shape index (κ1) is 23.2. The van der Waals surface area contributed by atoms with Crippen molar-refractivity contribution in [2.75, 3.05) is 13.1 Å². The molecule has 8 heteroatoms. The summed E-state index contributed by atoms with van der Waals surface area (Å²) in [5, 5.41) is 5.37. The Balaban J connectivity index is 1.53. The van der Waals surface area contributed by atoms with Gasteiger partial charge in [0.15, 0.2) is 0 Å². The van der Waals surface area contributed by atoms with Gasteiger partial charge in [0, 0.05) is 37.5 Å². The molecule has 1 aliphatic heterocycles. The van der Waals surface area contributed by atoms with Crippen molar-refractivity contribution in [3.8, 4) is 0 Å². The Kier molecular flexibility index (Phi) is 7.98. The van der Waals surface area contributed by atoms with Gasteiger partial charge in [0.05, 0.1) is 12.5 Å². The van der Waals surface area contributed by atoms with Crippen molar-refractivity contribution < 1.29 is 23.2 Å². The summed E-state index contributed by atoms with van der Waals surface area (Å²) in [6.45, 7) is 2.43. The molecule has 1 unspecified atom stereocenters. The van der Waals surface area contributed by atoms with E-state index in [-0.39, 0.29) is 29.9 Å². The molecular formula is C23H31F2N3O3. The Bertz CT molecular complexity index is 783. The second kappa shape index (κ2) is 10.7. The van der Waals surface area contributed by atoms with Gasteiger partial charge < -0.3 is 15.5 Å². The highest BCUT2D eigenvalue weighted by atomic mass is 19.1. The molecule has 1 atom stereocenters. The third-order valence-corrected chi connectivity index (χ3v) is 6.24. The van der Waals surface area contributed by atoms with Crippen molar-refractivity contribution in [2.45, 2.75) is 70.4 Å². The van der Waals surface area contributed by atoms with E-state index < -0.39 is 29.5 Å². The molecule has 170 valence electrons. The summed E-state index contributed by atoms with van der Waals surface area (Å²) in [5.74, 6) is -2.12. The van der Waals surface area contributed by atoms with Gasteiger partial charge in [-0.05, 0) is 37.8 Å². The molecule has 1 heterocycles. The van der Waals surface area contributed by atoms with Crippen LogP contribution in [0.3, 0.4) is 0 Å². The highest BCUT2D eigenvalue weighted by Gasteiger charge is 2.30. The zero-order valence-corrected chi connectivity index (χ0v) is 18.0. The average Bonchev–Trinajstić information content (AvgIpc) is 2.74. The quantitative estimate of drug-likeness (QED) is 0.720. The van der Waals surface area contributed by atoms with E-state index >= 15 is 0 Å². The molecule has 0 aromatic heterocycles. The van der Waals surface area contributed by atoms with Gasteiger partial charge in [-0.15, -0.1) is 0 Å². The van der Waals surface area contributed by atoms with Crippen LogP contribution in [0.15, 0.2) is 18.2 Å². The third-order valence-electron chi connectivity index (χ3n) is 6.24. The molecule has 2 fully saturated rings. The molecule has 0 spiro atoms. The van der Waals surface area contributed by atoms with E-state index in [2.05, 4.69) is 10.6 Å². The number of amides is 3. The van der Waals surface area contributed by atoms with Crippen molar-refractivity contribution in [2.24, 2.45) is 5.92 Å². The number of nitrogens with one attached hydrogen (secondary N) is 2. The van der Waals surface area contributed by atoms with E-state index in [1.165, 1.54) is 19.4 Å². The smallest absolute Gasteiger partial charge is 0.225 e. The summed E-state index contributed by atoms with van der Waals surface area (Å²) in [4.78, 5) is 38.7. The Labute approximate surface area is 181 Å². The van der Waals surface area contributed by atoms with Gasteiger partial charge in [-0.25, -0.2) is 8.78 Å². The van der Waals surface area contributed by atoms with Gasteiger partial charge in [0.1, 0.15) is 11.6 Å². The molecule has 1 saturated carbocycles. The molecule has 31 heavy (non-hydrogen) atoms. The van der Waals surface area contributed by atoms with Crippen molar-refractivity contribution in [3.63, 3.8) is 0 Å². The molecule has 2 aliphatic rings. The summed E-state index contributed by atoms with van der Waals surface area (Å²) in [7, 11) is 0. The van der Waals surface area contributed by atoms with Crippen LogP contribution in [0.1, 0.15) is 69.9 Å². The molecule has 1 aliphatic carbocycles. The second-order valence-corrected chi connectivity index (χ2v) is 8.59. The summed E-state index contributed by atoms with van der Waals surface area (Å²) < 4.78 is 28.3. The van der Waals surface area contributed by atoms with Gasteiger partial charge in [0.2, 0.25) is 17.7 Å². The monoisotopic (exact) mass is 435 g/mol. The Morgan fingerprint density at radius 1 is 1.03 bits per heavy atom. The summed E-state index contributed by atoms with van der Waals surface area (Å²) >= 11 is 0.